The number of amides is 2. The Morgan fingerprint density at radius 3 is 2.61 bits per heavy atom. The minimum absolute atomic E-state index is 0.0796. The van der Waals surface area contributed by atoms with Crippen molar-refractivity contribution in [1.82, 2.24) is 15.1 Å². The van der Waals surface area contributed by atoms with Gasteiger partial charge in [-0.05, 0) is 43.9 Å². The van der Waals surface area contributed by atoms with Gasteiger partial charge in [-0.15, -0.1) is 0 Å². The molecule has 2 saturated heterocycles. The van der Waals surface area contributed by atoms with Crippen molar-refractivity contribution in [3.8, 4) is 0 Å². The number of aliphatic hydroxyl groups excluding tert-OH is 1. The molecule has 2 amide bonds. The van der Waals surface area contributed by atoms with E-state index in [2.05, 4.69) is 17.1 Å². The smallest absolute Gasteiger partial charge is 0.396 e. The molecule has 2 unspecified atom stereocenters. The maximum absolute atomic E-state index is 12.8. The maximum atomic E-state index is 12.8. The average molecular weight is 441 g/mol. The first-order valence-corrected chi connectivity index (χ1v) is 10.9. The van der Waals surface area contributed by atoms with E-state index in [-0.39, 0.29) is 36.7 Å². The summed E-state index contributed by atoms with van der Waals surface area (Å²) in [5, 5.41) is 11.9. The zero-order valence-electron chi connectivity index (χ0n) is 17.7. The van der Waals surface area contributed by atoms with Crippen molar-refractivity contribution in [1.29, 1.82) is 0 Å². The Balaban J connectivity index is 1.57. The number of carbonyl (C=O) groups is 2. The molecular weight excluding hydrogens is 411 g/mol. The highest BCUT2D eigenvalue weighted by Gasteiger charge is 2.45. The molecule has 3 rings (SSSR count). The van der Waals surface area contributed by atoms with E-state index < -0.39 is 17.6 Å². The van der Waals surface area contributed by atoms with E-state index in [0.717, 1.165) is 50.8 Å². The summed E-state index contributed by atoms with van der Waals surface area (Å²) in [5.41, 5.74) is -1.02. The van der Waals surface area contributed by atoms with Gasteiger partial charge >= 0.3 is 6.18 Å². The Bertz CT molecular complexity index is 781. The van der Waals surface area contributed by atoms with Crippen LogP contribution in [0.3, 0.4) is 0 Å². The Labute approximate surface area is 180 Å². The molecule has 2 fully saturated rings. The summed E-state index contributed by atoms with van der Waals surface area (Å²) in [5.74, 6) is -0.918. The molecule has 0 aromatic heterocycles. The zero-order valence-corrected chi connectivity index (χ0v) is 17.7. The predicted molar refractivity (Wildman–Crippen MR) is 109 cm³/mol. The highest BCUT2D eigenvalue weighted by atomic mass is 19.4. The quantitative estimate of drug-likeness (QED) is 0.651. The molecule has 172 valence electrons. The Hall–Kier alpha value is -2.13. The van der Waals surface area contributed by atoms with Crippen LogP contribution in [-0.2, 0) is 11.0 Å². The first-order chi connectivity index (χ1) is 14.8. The van der Waals surface area contributed by atoms with Crippen LogP contribution in [-0.4, -0.2) is 71.1 Å². The van der Waals surface area contributed by atoms with Gasteiger partial charge in [0.25, 0.3) is 5.91 Å². The van der Waals surface area contributed by atoms with Crippen molar-refractivity contribution in [2.24, 2.45) is 0 Å². The first-order valence-electron chi connectivity index (χ1n) is 10.9. The summed E-state index contributed by atoms with van der Waals surface area (Å²) in [6.45, 7) is 3.49. The second-order valence-electron chi connectivity index (χ2n) is 8.25. The van der Waals surface area contributed by atoms with Crippen molar-refractivity contribution >= 4 is 11.8 Å². The number of rotatable bonds is 8. The number of carbonyl (C=O) groups excluding carboxylic acids is 2. The molecule has 0 saturated carbocycles. The van der Waals surface area contributed by atoms with Gasteiger partial charge in [0.05, 0.1) is 12.1 Å². The van der Waals surface area contributed by atoms with E-state index in [1.54, 1.807) is 4.90 Å². The van der Waals surface area contributed by atoms with E-state index in [0.29, 0.717) is 12.6 Å². The molecule has 0 aliphatic carbocycles. The fraction of sp³-hybridized carbons (Fsp3) is 0.636. The topological polar surface area (TPSA) is 72.9 Å². The molecule has 2 aliphatic heterocycles. The number of nitrogens with one attached hydrogen (secondary N) is 1. The molecule has 2 N–H and O–H groups in total. The monoisotopic (exact) mass is 441 g/mol. The Morgan fingerprint density at radius 2 is 1.94 bits per heavy atom. The summed E-state index contributed by atoms with van der Waals surface area (Å²) in [4.78, 5) is 29.2. The van der Waals surface area contributed by atoms with Gasteiger partial charge < -0.3 is 15.3 Å². The molecule has 9 heteroatoms. The number of aliphatic hydroxyl groups is 1. The molecule has 2 aliphatic rings. The molecular formula is C22H30F3N3O3. The van der Waals surface area contributed by atoms with Crippen LogP contribution in [0.2, 0.25) is 0 Å². The third-order valence-electron chi connectivity index (χ3n) is 6.35. The van der Waals surface area contributed by atoms with Gasteiger partial charge in [-0.2, -0.15) is 13.2 Å². The number of halogens is 3. The van der Waals surface area contributed by atoms with Crippen molar-refractivity contribution in [2.75, 3.05) is 26.2 Å². The lowest BCUT2D eigenvalue weighted by molar-refractivity contribution is -0.137. The number of fused-ring (bicyclic) bond motifs is 1. The highest BCUT2D eigenvalue weighted by molar-refractivity contribution is 5.96. The third-order valence-corrected chi connectivity index (χ3v) is 6.35. The lowest BCUT2D eigenvalue weighted by Gasteiger charge is -2.32. The van der Waals surface area contributed by atoms with Gasteiger partial charge in [-0.1, -0.05) is 19.4 Å². The van der Waals surface area contributed by atoms with Gasteiger partial charge in [0, 0.05) is 43.4 Å². The molecule has 1 aromatic carbocycles. The molecule has 6 nitrogen and oxygen atoms in total. The number of likely N-dealkylation sites (tertiary alicyclic amines) is 2. The van der Waals surface area contributed by atoms with Crippen molar-refractivity contribution < 1.29 is 27.9 Å². The molecule has 3 atom stereocenters. The van der Waals surface area contributed by atoms with Crippen LogP contribution < -0.4 is 5.32 Å². The Morgan fingerprint density at radius 1 is 1.19 bits per heavy atom. The van der Waals surface area contributed by atoms with Gasteiger partial charge in [-0.25, -0.2) is 0 Å². The van der Waals surface area contributed by atoms with Gasteiger partial charge in [-0.3, -0.25) is 14.5 Å². The van der Waals surface area contributed by atoms with Gasteiger partial charge in [0.2, 0.25) is 5.91 Å². The van der Waals surface area contributed by atoms with Crippen molar-refractivity contribution in [2.45, 2.75) is 63.3 Å². The number of hydrogen-bond acceptors (Lipinski definition) is 4. The number of nitrogens with zero attached hydrogens (tertiary/aromatic N) is 2. The van der Waals surface area contributed by atoms with Crippen LogP contribution in [0.25, 0.3) is 0 Å². The standard InChI is InChI=1S/C22H30F3N3O3/c1-2-4-17(9-12-29)27-10-7-19-18(27)8-11-28(19)20(30)14-26-21(31)15-5-3-6-16(13-15)22(23,24)25/h3,5-6,13,17-19,29H,2,4,7-12,14H2,1H3,(H,26,31)/t17?,18?,19-/m1/s1. The fourth-order valence-electron chi connectivity index (χ4n) is 4.94. The predicted octanol–water partition coefficient (Wildman–Crippen LogP) is 2.66. The van der Waals surface area contributed by atoms with Crippen molar-refractivity contribution in [3.63, 3.8) is 0 Å². The van der Waals surface area contributed by atoms with Crippen LogP contribution in [0.15, 0.2) is 24.3 Å². The molecule has 31 heavy (non-hydrogen) atoms. The minimum Gasteiger partial charge on any atom is -0.396 e. The molecule has 2 heterocycles. The van der Waals surface area contributed by atoms with Crippen LogP contribution >= 0.6 is 0 Å². The van der Waals surface area contributed by atoms with Crippen LogP contribution in [0.5, 0.6) is 0 Å². The lowest BCUT2D eigenvalue weighted by Crippen LogP contribution is -2.46. The second kappa shape index (κ2) is 9.99. The number of benzene rings is 1. The number of hydrogen-bond donors (Lipinski definition) is 2. The molecule has 0 radical (unpaired) electrons. The van der Waals surface area contributed by atoms with Gasteiger partial charge in [0.1, 0.15) is 0 Å². The normalized spacial score (nSPS) is 22.4. The van der Waals surface area contributed by atoms with E-state index in [9.17, 15) is 27.9 Å². The highest BCUT2D eigenvalue weighted by Crippen LogP contribution is 2.34. The third kappa shape index (κ3) is 5.38. The maximum Gasteiger partial charge on any atom is 0.416 e. The van der Waals surface area contributed by atoms with Crippen LogP contribution in [0.1, 0.15) is 54.9 Å². The van der Waals surface area contributed by atoms with Crippen molar-refractivity contribution in [3.05, 3.63) is 35.4 Å². The summed E-state index contributed by atoms with van der Waals surface area (Å²) < 4.78 is 38.5. The summed E-state index contributed by atoms with van der Waals surface area (Å²) in [7, 11) is 0. The fourth-order valence-corrected chi connectivity index (χ4v) is 4.94. The average Bonchev–Trinajstić information content (AvgIpc) is 3.33. The molecule has 1 aromatic rings. The van der Waals surface area contributed by atoms with Crippen LogP contribution in [0, 0.1) is 0 Å². The number of alkyl halides is 3. The zero-order chi connectivity index (χ0) is 22.6. The van der Waals surface area contributed by atoms with Crippen LogP contribution in [0.4, 0.5) is 13.2 Å². The summed E-state index contributed by atoms with van der Waals surface area (Å²) in [6.07, 6.45) is -0.0739. The molecule has 0 bridgehead atoms. The SMILES string of the molecule is CCCC(CCO)N1CC[C@@H]2C1CCN2C(=O)CNC(=O)c1cccc(C(F)(F)F)c1. The minimum atomic E-state index is -4.53. The van der Waals surface area contributed by atoms with E-state index in [4.69, 9.17) is 0 Å². The lowest BCUT2D eigenvalue weighted by atomic mass is 10.0. The first kappa shape index (κ1) is 23.5. The van der Waals surface area contributed by atoms with E-state index >= 15 is 0 Å². The van der Waals surface area contributed by atoms with E-state index in [1.165, 1.54) is 12.1 Å². The summed E-state index contributed by atoms with van der Waals surface area (Å²) >= 11 is 0. The summed E-state index contributed by atoms with van der Waals surface area (Å²) in [6, 6.07) is 4.81. The van der Waals surface area contributed by atoms with Gasteiger partial charge in [0.15, 0.2) is 0 Å². The second-order valence-corrected chi connectivity index (χ2v) is 8.25. The van der Waals surface area contributed by atoms with E-state index in [1.807, 2.05) is 0 Å². The Kier molecular flexibility index (Phi) is 7.59. The molecule has 0 spiro atoms. The largest absolute Gasteiger partial charge is 0.416 e.